The minimum atomic E-state index is 0.678. The number of hydrogen-bond donors (Lipinski definition) is 0. The Labute approximate surface area is 165 Å². The number of aryl methyl sites for hydroxylation is 2. The summed E-state index contributed by atoms with van der Waals surface area (Å²) in [5.41, 5.74) is 3.19. The zero-order valence-electron chi connectivity index (χ0n) is 14.0. The molecule has 5 heteroatoms. The summed E-state index contributed by atoms with van der Waals surface area (Å²) in [6, 6.07) is 10.8. The van der Waals surface area contributed by atoms with Crippen LogP contribution >= 0.6 is 38.5 Å². The summed E-state index contributed by atoms with van der Waals surface area (Å²) >= 11 is 5.80. The molecule has 2 aromatic carbocycles. The van der Waals surface area contributed by atoms with Crippen molar-refractivity contribution in [1.29, 1.82) is 0 Å². The minimum Gasteiger partial charge on any atom is -0.457 e. The molecular weight excluding hydrogens is 479 g/mol. The second-order valence-corrected chi connectivity index (χ2v) is 8.24. The highest BCUT2D eigenvalue weighted by Gasteiger charge is 2.24. The van der Waals surface area contributed by atoms with E-state index in [4.69, 9.17) is 4.74 Å². The van der Waals surface area contributed by atoms with Crippen LogP contribution in [0.25, 0.3) is 0 Å². The van der Waals surface area contributed by atoms with Gasteiger partial charge in [-0.3, -0.25) is 0 Å². The molecule has 0 bridgehead atoms. The largest absolute Gasteiger partial charge is 0.457 e. The monoisotopic (exact) mass is 498 g/mol. The first kappa shape index (κ1) is 17.7. The zero-order chi connectivity index (χ0) is 17.3. The third-order valence-electron chi connectivity index (χ3n) is 4.11. The van der Waals surface area contributed by atoms with Crippen LogP contribution in [0.1, 0.15) is 24.0 Å². The van der Waals surface area contributed by atoms with Gasteiger partial charge in [0.25, 0.3) is 0 Å². The summed E-state index contributed by atoms with van der Waals surface area (Å²) in [7, 11) is 2.09. The molecule has 126 valence electrons. The van der Waals surface area contributed by atoms with Crippen LogP contribution in [-0.2, 0) is 0 Å². The molecule has 0 saturated heterocycles. The van der Waals surface area contributed by atoms with Crippen molar-refractivity contribution in [2.24, 2.45) is 4.99 Å². The summed E-state index contributed by atoms with van der Waals surface area (Å²) in [6.07, 6.45) is 4.50. The fraction of sp³-hybridized carbons (Fsp3) is 0.316. The van der Waals surface area contributed by atoms with Crippen LogP contribution < -0.4 is 4.74 Å². The van der Waals surface area contributed by atoms with Gasteiger partial charge in [0.15, 0.2) is 0 Å². The van der Waals surface area contributed by atoms with E-state index in [9.17, 15) is 0 Å². The van der Waals surface area contributed by atoms with Gasteiger partial charge in [-0.05, 0) is 107 Å². The third kappa shape index (κ3) is 4.30. The number of halogens is 2. The highest BCUT2D eigenvalue weighted by molar-refractivity contribution is 14.1. The van der Waals surface area contributed by atoms with Gasteiger partial charge in [-0.15, -0.1) is 0 Å². The SMILES string of the molecule is Cc1cc(Oc2ccc(Br)c(I)c2)c(C)cc1N=CN(C)C1CC1. The van der Waals surface area contributed by atoms with Crippen molar-refractivity contribution >= 4 is 50.5 Å². The summed E-state index contributed by atoms with van der Waals surface area (Å²) in [4.78, 5) is 6.84. The lowest BCUT2D eigenvalue weighted by molar-refractivity contribution is 0.478. The van der Waals surface area contributed by atoms with Crippen molar-refractivity contribution in [3.8, 4) is 11.5 Å². The Morgan fingerprint density at radius 3 is 2.62 bits per heavy atom. The molecule has 1 aliphatic carbocycles. The lowest BCUT2D eigenvalue weighted by atomic mass is 10.1. The Morgan fingerprint density at radius 1 is 1.21 bits per heavy atom. The van der Waals surface area contributed by atoms with Gasteiger partial charge < -0.3 is 9.64 Å². The van der Waals surface area contributed by atoms with Crippen LogP contribution in [-0.4, -0.2) is 24.3 Å². The highest BCUT2D eigenvalue weighted by atomic mass is 127. The minimum absolute atomic E-state index is 0.678. The maximum Gasteiger partial charge on any atom is 0.130 e. The first-order valence-corrected chi connectivity index (χ1v) is 9.81. The van der Waals surface area contributed by atoms with Gasteiger partial charge in [-0.1, -0.05) is 0 Å². The second-order valence-electron chi connectivity index (χ2n) is 6.22. The molecule has 0 heterocycles. The van der Waals surface area contributed by atoms with Crippen molar-refractivity contribution in [1.82, 2.24) is 4.90 Å². The molecule has 0 aromatic heterocycles. The molecule has 0 amide bonds. The molecule has 0 radical (unpaired) electrons. The molecule has 3 rings (SSSR count). The number of rotatable bonds is 5. The number of ether oxygens (including phenoxy) is 1. The van der Waals surface area contributed by atoms with E-state index in [1.807, 2.05) is 24.5 Å². The zero-order valence-corrected chi connectivity index (χ0v) is 17.8. The molecule has 3 nitrogen and oxygen atoms in total. The first-order valence-electron chi connectivity index (χ1n) is 7.94. The van der Waals surface area contributed by atoms with Crippen molar-refractivity contribution in [3.63, 3.8) is 0 Å². The molecule has 0 N–H and O–H groups in total. The smallest absolute Gasteiger partial charge is 0.130 e. The van der Waals surface area contributed by atoms with Crippen LogP contribution in [0.2, 0.25) is 0 Å². The topological polar surface area (TPSA) is 24.8 Å². The van der Waals surface area contributed by atoms with Gasteiger partial charge in [0.1, 0.15) is 11.5 Å². The summed E-state index contributed by atoms with van der Waals surface area (Å²) in [5, 5.41) is 0. The molecule has 1 aliphatic rings. The molecule has 24 heavy (non-hydrogen) atoms. The number of aliphatic imine (C=N–C) groups is 1. The highest BCUT2D eigenvalue weighted by Crippen LogP contribution is 2.33. The van der Waals surface area contributed by atoms with E-state index in [1.165, 1.54) is 12.8 Å². The predicted molar refractivity (Wildman–Crippen MR) is 112 cm³/mol. The van der Waals surface area contributed by atoms with Crippen molar-refractivity contribution in [2.45, 2.75) is 32.7 Å². The third-order valence-corrected chi connectivity index (χ3v) is 6.44. The Bertz CT molecular complexity index is 787. The lowest BCUT2D eigenvalue weighted by Gasteiger charge is -2.13. The molecule has 1 saturated carbocycles. The summed E-state index contributed by atoms with van der Waals surface area (Å²) in [5.74, 6) is 1.72. The van der Waals surface area contributed by atoms with E-state index in [0.717, 1.165) is 36.4 Å². The van der Waals surface area contributed by atoms with Crippen molar-refractivity contribution in [2.75, 3.05) is 7.05 Å². The Kier molecular flexibility index (Phi) is 5.49. The fourth-order valence-corrected chi connectivity index (χ4v) is 3.15. The maximum atomic E-state index is 6.07. The van der Waals surface area contributed by atoms with Gasteiger partial charge in [-0.25, -0.2) is 4.99 Å². The average Bonchev–Trinajstić information content (AvgIpc) is 3.37. The van der Waals surface area contributed by atoms with E-state index in [-0.39, 0.29) is 0 Å². The van der Waals surface area contributed by atoms with Gasteiger partial charge >= 0.3 is 0 Å². The molecule has 0 aliphatic heterocycles. The fourth-order valence-electron chi connectivity index (χ4n) is 2.42. The van der Waals surface area contributed by atoms with E-state index in [0.29, 0.717) is 6.04 Å². The molecule has 1 fully saturated rings. The Hall–Kier alpha value is -1.08. The Balaban J connectivity index is 1.79. The van der Waals surface area contributed by atoms with Crippen LogP contribution in [0.4, 0.5) is 5.69 Å². The lowest BCUT2D eigenvalue weighted by Crippen LogP contribution is -2.17. The molecule has 0 spiro atoms. The van der Waals surface area contributed by atoms with E-state index < -0.39 is 0 Å². The van der Waals surface area contributed by atoms with Gasteiger partial charge in [0, 0.05) is 21.1 Å². The van der Waals surface area contributed by atoms with Crippen LogP contribution in [0, 0.1) is 17.4 Å². The average molecular weight is 499 g/mol. The van der Waals surface area contributed by atoms with Crippen LogP contribution in [0.3, 0.4) is 0 Å². The van der Waals surface area contributed by atoms with Gasteiger partial charge in [0.05, 0.1) is 12.0 Å². The quantitative estimate of drug-likeness (QED) is 0.278. The van der Waals surface area contributed by atoms with Crippen LogP contribution in [0.5, 0.6) is 11.5 Å². The second kappa shape index (κ2) is 7.44. The molecule has 0 atom stereocenters. The first-order chi connectivity index (χ1) is 11.4. The number of hydrogen-bond acceptors (Lipinski definition) is 2. The van der Waals surface area contributed by atoms with Crippen LogP contribution in [0.15, 0.2) is 39.8 Å². The molecule has 0 unspecified atom stereocenters. The molecule has 2 aromatic rings. The van der Waals surface area contributed by atoms with E-state index >= 15 is 0 Å². The normalized spacial score (nSPS) is 14.2. The standard InChI is InChI=1S/C19H20BrIN2O/c1-12-9-19(24-15-6-7-16(20)17(21)10-15)13(2)8-18(12)22-11-23(3)14-4-5-14/h6-11,14H,4-5H2,1-3H3. The van der Waals surface area contributed by atoms with Crippen molar-refractivity contribution < 1.29 is 4.74 Å². The summed E-state index contributed by atoms with van der Waals surface area (Å²) < 4.78 is 8.27. The van der Waals surface area contributed by atoms with E-state index in [1.54, 1.807) is 0 Å². The number of nitrogens with zero attached hydrogens (tertiary/aromatic N) is 2. The Morgan fingerprint density at radius 2 is 1.96 bits per heavy atom. The van der Waals surface area contributed by atoms with Crippen molar-refractivity contribution in [3.05, 3.63) is 49.5 Å². The van der Waals surface area contributed by atoms with Gasteiger partial charge in [-0.2, -0.15) is 0 Å². The molecular formula is C19H20BrIN2O. The van der Waals surface area contributed by atoms with Gasteiger partial charge in [0.2, 0.25) is 0 Å². The predicted octanol–water partition coefficient (Wildman–Crippen LogP) is 6.22. The number of benzene rings is 2. The van der Waals surface area contributed by atoms with E-state index in [2.05, 4.69) is 81.4 Å². The maximum absolute atomic E-state index is 6.07. The summed E-state index contributed by atoms with van der Waals surface area (Å²) in [6.45, 7) is 4.13.